The molecule has 0 unspecified atom stereocenters. The van der Waals surface area contributed by atoms with Gasteiger partial charge < -0.3 is 9.67 Å². The van der Waals surface area contributed by atoms with Crippen LogP contribution in [0.1, 0.15) is 16.8 Å². The second-order valence-electron chi connectivity index (χ2n) is 6.93. The minimum absolute atomic E-state index is 0.0709. The van der Waals surface area contributed by atoms with E-state index in [1.807, 2.05) is 73.2 Å². The van der Waals surface area contributed by atoms with E-state index >= 15 is 0 Å². The Morgan fingerprint density at radius 3 is 2.38 bits per heavy atom. The van der Waals surface area contributed by atoms with Crippen molar-refractivity contribution in [3.05, 3.63) is 82.5 Å². The third-order valence-corrected chi connectivity index (χ3v) is 5.90. The maximum absolute atomic E-state index is 12.8. The van der Waals surface area contributed by atoms with E-state index in [1.165, 1.54) is 11.8 Å². The molecule has 1 aromatic heterocycles. The number of carbonyl (C=O) groups excluding carboxylic acids is 1. The van der Waals surface area contributed by atoms with Crippen LogP contribution in [0.2, 0.25) is 0 Å². The van der Waals surface area contributed by atoms with Crippen LogP contribution in [0.3, 0.4) is 0 Å². The Morgan fingerprint density at radius 1 is 1.00 bits per heavy atom. The van der Waals surface area contributed by atoms with E-state index in [9.17, 15) is 9.90 Å². The zero-order valence-electron chi connectivity index (χ0n) is 16.5. The minimum atomic E-state index is -0.0709. The van der Waals surface area contributed by atoms with Crippen molar-refractivity contribution in [2.75, 3.05) is 7.05 Å². The number of amidine groups is 1. The lowest BCUT2D eigenvalue weighted by Crippen LogP contribution is -2.23. The number of nitrogens with zero attached hydrogens (tertiary/aromatic N) is 3. The highest BCUT2D eigenvalue weighted by molar-refractivity contribution is 8.18. The van der Waals surface area contributed by atoms with Gasteiger partial charge in [0.15, 0.2) is 5.17 Å². The molecule has 1 N–H and O–H groups in total. The fraction of sp³-hybridized carbons (Fsp3) is 0.130. The lowest BCUT2D eigenvalue weighted by molar-refractivity contribution is -0.121. The number of phenolic OH excluding ortho intramolecular Hbond substituents is 1. The van der Waals surface area contributed by atoms with Crippen LogP contribution in [0.4, 0.5) is 5.69 Å². The molecule has 0 aliphatic carbocycles. The lowest BCUT2D eigenvalue weighted by Gasteiger charge is -2.10. The molecule has 29 heavy (non-hydrogen) atoms. The number of aryl methyl sites for hydroxylation is 2. The Labute approximate surface area is 174 Å². The first-order valence-corrected chi connectivity index (χ1v) is 10.0. The number of hydrogen-bond donors (Lipinski definition) is 1. The summed E-state index contributed by atoms with van der Waals surface area (Å²) in [5, 5.41) is 10.2. The van der Waals surface area contributed by atoms with Crippen molar-refractivity contribution in [1.29, 1.82) is 0 Å². The van der Waals surface area contributed by atoms with Gasteiger partial charge in [-0.2, -0.15) is 0 Å². The number of para-hydroxylation sites is 1. The van der Waals surface area contributed by atoms with Crippen LogP contribution in [0.5, 0.6) is 5.75 Å². The van der Waals surface area contributed by atoms with Crippen molar-refractivity contribution in [2.45, 2.75) is 13.8 Å². The van der Waals surface area contributed by atoms with Crippen LogP contribution in [-0.4, -0.2) is 32.7 Å². The third kappa shape index (κ3) is 3.71. The standard InChI is InChI=1S/C23H21N3O2S/c1-15-6-4-7-16(2)21(15)24-23-25(3)22(28)20(29-23)14-18-8-5-13-26(18)17-9-11-19(27)12-10-17/h4-14,27H,1-3H3/b20-14-,24-23?. The summed E-state index contributed by atoms with van der Waals surface area (Å²) in [4.78, 5) is 19.8. The van der Waals surface area contributed by atoms with E-state index in [2.05, 4.69) is 0 Å². The predicted molar refractivity (Wildman–Crippen MR) is 119 cm³/mol. The molecule has 1 amide bonds. The van der Waals surface area contributed by atoms with E-state index in [0.29, 0.717) is 10.1 Å². The molecule has 1 aliphatic heterocycles. The second-order valence-corrected chi connectivity index (χ2v) is 7.94. The molecule has 1 fully saturated rings. The number of thioether (sulfide) groups is 1. The fourth-order valence-corrected chi connectivity index (χ4v) is 4.18. The summed E-state index contributed by atoms with van der Waals surface area (Å²) in [5.41, 5.74) is 4.86. The summed E-state index contributed by atoms with van der Waals surface area (Å²) in [6.07, 6.45) is 3.81. The molecule has 3 aromatic rings. The zero-order chi connectivity index (χ0) is 20.5. The third-order valence-electron chi connectivity index (χ3n) is 4.84. The van der Waals surface area contributed by atoms with Gasteiger partial charge in [-0.25, -0.2) is 4.99 Å². The first-order valence-electron chi connectivity index (χ1n) is 9.23. The summed E-state index contributed by atoms with van der Waals surface area (Å²) >= 11 is 1.38. The van der Waals surface area contributed by atoms with Gasteiger partial charge in [0, 0.05) is 24.6 Å². The van der Waals surface area contributed by atoms with E-state index in [1.54, 1.807) is 24.1 Å². The number of carbonyl (C=O) groups is 1. The van der Waals surface area contributed by atoms with Crippen LogP contribution in [0, 0.1) is 13.8 Å². The van der Waals surface area contributed by atoms with Gasteiger partial charge in [0.25, 0.3) is 5.91 Å². The van der Waals surface area contributed by atoms with Gasteiger partial charge in [-0.05, 0) is 79.2 Å². The van der Waals surface area contributed by atoms with Gasteiger partial charge in [-0.1, -0.05) is 18.2 Å². The van der Waals surface area contributed by atoms with Crippen LogP contribution in [-0.2, 0) is 4.79 Å². The minimum Gasteiger partial charge on any atom is -0.508 e. The van der Waals surface area contributed by atoms with Crippen molar-refractivity contribution in [3.8, 4) is 11.4 Å². The van der Waals surface area contributed by atoms with Crippen molar-refractivity contribution in [2.24, 2.45) is 4.99 Å². The van der Waals surface area contributed by atoms with Gasteiger partial charge in [0.1, 0.15) is 5.75 Å². The molecule has 2 heterocycles. The van der Waals surface area contributed by atoms with E-state index < -0.39 is 0 Å². The molecule has 4 rings (SSSR count). The number of amides is 1. The molecule has 0 atom stereocenters. The Bertz CT molecular complexity index is 1120. The molecular formula is C23H21N3O2S. The first-order chi connectivity index (χ1) is 13.9. The van der Waals surface area contributed by atoms with Crippen LogP contribution in [0.25, 0.3) is 11.8 Å². The van der Waals surface area contributed by atoms with Crippen LogP contribution < -0.4 is 0 Å². The summed E-state index contributed by atoms with van der Waals surface area (Å²) < 4.78 is 1.97. The molecule has 6 heteroatoms. The molecule has 0 bridgehead atoms. The number of aliphatic imine (C=N–C) groups is 1. The number of rotatable bonds is 3. The molecular weight excluding hydrogens is 382 g/mol. The van der Waals surface area contributed by atoms with Crippen molar-refractivity contribution >= 4 is 34.6 Å². The first kappa shape index (κ1) is 19.1. The molecule has 1 aliphatic rings. The normalized spacial score (nSPS) is 16.9. The molecule has 0 saturated carbocycles. The Morgan fingerprint density at radius 2 is 1.69 bits per heavy atom. The number of hydrogen-bond acceptors (Lipinski definition) is 4. The maximum Gasteiger partial charge on any atom is 0.266 e. The van der Waals surface area contributed by atoms with Crippen molar-refractivity contribution in [3.63, 3.8) is 0 Å². The summed E-state index contributed by atoms with van der Waals surface area (Å²) in [6, 6.07) is 16.9. The highest BCUT2D eigenvalue weighted by Gasteiger charge is 2.31. The highest BCUT2D eigenvalue weighted by atomic mass is 32.2. The van der Waals surface area contributed by atoms with Crippen LogP contribution >= 0.6 is 11.8 Å². The second kappa shape index (κ2) is 7.64. The fourth-order valence-electron chi connectivity index (χ4n) is 3.22. The van der Waals surface area contributed by atoms with Gasteiger partial charge in [-0.3, -0.25) is 9.69 Å². The highest BCUT2D eigenvalue weighted by Crippen LogP contribution is 2.35. The Hall–Kier alpha value is -3.25. The number of phenols is 1. The molecule has 5 nitrogen and oxygen atoms in total. The molecule has 2 aromatic carbocycles. The molecule has 146 valence electrons. The number of aromatic nitrogens is 1. The molecule has 1 saturated heterocycles. The predicted octanol–water partition coefficient (Wildman–Crippen LogP) is 5.03. The monoisotopic (exact) mass is 403 g/mol. The summed E-state index contributed by atoms with van der Waals surface area (Å²) in [7, 11) is 1.75. The zero-order valence-corrected chi connectivity index (χ0v) is 17.3. The summed E-state index contributed by atoms with van der Waals surface area (Å²) in [5.74, 6) is 0.148. The maximum atomic E-state index is 12.8. The SMILES string of the molecule is Cc1cccc(C)c1N=C1S/C(=C\c2cccn2-c2ccc(O)cc2)C(=O)N1C. The quantitative estimate of drug-likeness (QED) is 0.624. The van der Waals surface area contributed by atoms with Gasteiger partial charge in [0.2, 0.25) is 0 Å². The number of benzene rings is 2. The van der Waals surface area contributed by atoms with E-state index in [0.717, 1.165) is 28.2 Å². The lowest BCUT2D eigenvalue weighted by atomic mass is 10.1. The van der Waals surface area contributed by atoms with Gasteiger partial charge in [0.05, 0.1) is 10.6 Å². The van der Waals surface area contributed by atoms with E-state index in [4.69, 9.17) is 4.99 Å². The van der Waals surface area contributed by atoms with E-state index in [-0.39, 0.29) is 11.7 Å². The van der Waals surface area contributed by atoms with Crippen LogP contribution in [0.15, 0.2) is 70.7 Å². The largest absolute Gasteiger partial charge is 0.508 e. The van der Waals surface area contributed by atoms with Gasteiger partial charge in [-0.15, -0.1) is 0 Å². The summed E-state index contributed by atoms with van der Waals surface area (Å²) in [6.45, 7) is 4.05. The Kier molecular flexibility index (Phi) is 5.03. The van der Waals surface area contributed by atoms with Crippen molar-refractivity contribution in [1.82, 2.24) is 9.47 Å². The Balaban J connectivity index is 1.68. The smallest absolute Gasteiger partial charge is 0.266 e. The number of likely N-dealkylation sites (N-methyl/N-ethyl adjacent to an activating group) is 1. The average Bonchev–Trinajstić information content (AvgIpc) is 3.26. The average molecular weight is 404 g/mol. The van der Waals surface area contributed by atoms with Crippen molar-refractivity contribution < 1.29 is 9.90 Å². The number of aromatic hydroxyl groups is 1. The molecule has 0 radical (unpaired) electrons. The molecule has 0 spiro atoms. The topological polar surface area (TPSA) is 57.8 Å². The van der Waals surface area contributed by atoms with Gasteiger partial charge >= 0.3 is 0 Å².